The van der Waals surface area contributed by atoms with Crippen LogP contribution in [0.3, 0.4) is 0 Å². The first-order valence-electron chi connectivity index (χ1n) is 11.0. The third-order valence-electron chi connectivity index (χ3n) is 6.14. The van der Waals surface area contributed by atoms with E-state index in [0.717, 1.165) is 43.4 Å². The molecule has 0 radical (unpaired) electrons. The minimum Gasteiger partial charge on any atom is -0.497 e. The normalized spacial score (nSPS) is 17.0. The minimum atomic E-state index is -0.0284. The molecular weight excluding hydrogens is 394 g/mol. The average Bonchev–Trinajstić information content (AvgIpc) is 3.27. The highest BCUT2D eigenvalue weighted by molar-refractivity contribution is 5.77. The number of benzene rings is 2. The number of hydrogen-bond donors (Lipinski definition) is 2. The van der Waals surface area contributed by atoms with Gasteiger partial charge >= 0.3 is 0 Å². The fraction of sp³-hybridized carbons (Fsp3) is 0.458. The van der Waals surface area contributed by atoms with E-state index in [1.165, 1.54) is 16.2 Å². The fourth-order valence-corrected chi connectivity index (χ4v) is 4.23. The Kier molecular flexibility index (Phi) is 6.51. The number of amides is 1. The molecule has 0 unspecified atom stereocenters. The zero-order valence-corrected chi connectivity index (χ0v) is 18.5. The number of piperazine rings is 1. The van der Waals surface area contributed by atoms with Crippen LogP contribution in [-0.4, -0.2) is 52.5 Å². The van der Waals surface area contributed by atoms with Gasteiger partial charge in [-0.1, -0.05) is 13.8 Å². The quantitative estimate of drug-likeness (QED) is 0.705. The van der Waals surface area contributed by atoms with E-state index in [9.17, 15) is 4.79 Å². The summed E-state index contributed by atoms with van der Waals surface area (Å²) in [6.45, 7) is 8.61. The van der Waals surface area contributed by atoms with Crippen LogP contribution < -0.4 is 29.3 Å². The van der Waals surface area contributed by atoms with Crippen molar-refractivity contribution in [2.45, 2.75) is 19.9 Å². The lowest BCUT2D eigenvalue weighted by atomic mass is 10.0. The number of fused-ring (bicyclic) bond motifs is 1. The third kappa shape index (κ3) is 4.88. The minimum absolute atomic E-state index is 0.0284. The summed E-state index contributed by atoms with van der Waals surface area (Å²) in [7, 11) is 1.69. The molecule has 4 rings (SSSR count). The van der Waals surface area contributed by atoms with Crippen molar-refractivity contribution >= 4 is 11.6 Å². The number of hydrogen-bond acceptors (Lipinski definition) is 5. The van der Waals surface area contributed by atoms with Gasteiger partial charge in [0.2, 0.25) is 12.7 Å². The molecule has 2 aromatic rings. The molecule has 0 spiro atoms. The van der Waals surface area contributed by atoms with E-state index in [1.54, 1.807) is 7.11 Å². The smallest absolute Gasteiger partial charge is 0.231 e. The van der Waals surface area contributed by atoms with E-state index in [-0.39, 0.29) is 24.7 Å². The third-order valence-corrected chi connectivity index (χ3v) is 6.14. The fourth-order valence-electron chi connectivity index (χ4n) is 4.23. The molecule has 2 aliphatic rings. The summed E-state index contributed by atoms with van der Waals surface area (Å²) in [5.41, 5.74) is 2.38. The first-order valence-corrected chi connectivity index (χ1v) is 11.0. The summed E-state index contributed by atoms with van der Waals surface area (Å²) < 4.78 is 16.3. The molecule has 2 aliphatic heterocycles. The van der Waals surface area contributed by atoms with Crippen molar-refractivity contribution in [1.29, 1.82) is 0 Å². The lowest BCUT2D eigenvalue weighted by Gasteiger charge is -2.38. The molecule has 0 aromatic heterocycles. The van der Waals surface area contributed by atoms with E-state index >= 15 is 0 Å². The van der Waals surface area contributed by atoms with Crippen LogP contribution >= 0.6 is 0 Å². The second kappa shape index (κ2) is 9.47. The number of carbonyl (C=O) groups is 1. The lowest BCUT2D eigenvalue weighted by molar-refractivity contribution is -0.931. The molecule has 1 saturated heterocycles. The van der Waals surface area contributed by atoms with Gasteiger partial charge in [0.1, 0.15) is 11.8 Å². The first-order chi connectivity index (χ1) is 15.0. The van der Waals surface area contributed by atoms with Gasteiger partial charge in [0.25, 0.3) is 0 Å². The van der Waals surface area contributed by atoms with E-state index < -0.39 is 0 Å². The number of methoxy groups -OCH3 is 1. The number of nitrogens with one attached hydrogen (secondary N) is 2. The summed E-state index contributed by atoms with van der Waals surface area (Å²) in [5.74, 6) is 2.50. The second-order valence-corrected chi connectivity index (χ2v) is 8.41. The summed E-state index contributed by atoms with van der Waals surface area (Å²) in [5, 5.41) is 3.14. The SMILES string of the molecule is COc1ccc(N2CC[NH+]([C@H](CNC(=O)C(C)C)c3ccc4c(c3)OCO4)CC2)cc1. The van der Waals surface area contributed by atoms with Gasteiger partial charge in [-0.15, -0.1) is 0 Å². The molecule has 31 heavy (non-hydrogen) atoms. The standard InChI is InChI=1S/C24H31N3O4/c1-17(2)24(28)25-15-21(18-4-9-22-23(14-18)31-16-30-22)27-12-10-26(11-13-27)19-5-7-20(29-3)8-6-19/h4-9,14,17,21H,10-13,15-16H2,1-3H3,(H,25,28)/p+1/t21-/m1/s1. The van der Waals surface area contributed by atoms with Crippen molar-refractivity contribution in [1.82, 2.24) is 5.32 Å². The Morgan fingerprint density at radius 2 is 1.81 bits per heavy atom. The molecule has 0 saturated carbocycles. The topological polar surface area (TPSA) is 64.5 Å². The molecule has 0 bridgehead atoms. The molecule has 1 atom stereocenters. The van der Waals surface area contributed by atoms with Crippen molar-refractivity contribution in [3.8, 4) is 17.2 Å². The van der Waals surface area contributed by atoms with Gasteiger partial charge in [0.15, 0.2) is 11.5 Å². The van der Waals surface area contributed by atoms with Gasteiger partial charge < -0.3 is 29.3 Å². The lowest BCUT2D eigenvalue weighted by Crippen LogP contribution is -3.15. The zero-order valence-electron chi connectivity index (χ0n) is 18.5. The molecule has 7 heteroatoms. The Morgan fingerprint density at radius 3 is 2.48 bits per heavy atom. The van der Waals surface area contributed by atoms with Gasteiger partial charge in [0, 0.05) is 17.2 Å². The Hall–Kier alpha value is -2.93. The van der Waals surface area contributed by atoms with Crippen molar-refractivity contribution in [2.24, 2.45) is 5.92 Å². The van der Waals surface area contributed by atoms with Gasteiger partial charge in [-0.2, -0.15) is 0 Å². The molecule has 2 heterocycles. The van der Waals surface area contributed by atoms with Crippen molar-refractivity contribution < 1.29 is 23.9 Å². The second-order valence-electron chi connectivity index (χ2n) is 8.41. The van der Waals surface area contributed by atoms with Gasteiger partial charge in [-0.25, -0.2) is 0 Å². The van der Waals surface area contributed by atoms with Crippen LogP contribution in [0.4, 0.5) is 5.69 Å². The Labute approximate surface area is 183 Å². The van der Waals surface area contributed by atoms with Crippen LogP contribution in [0, 0.1) is 5.92 Å². The highest BCUT2D eigenvalue weighted by Crippen LogP contribution is 2.33. The van der Waals surface area contributed by atoms with Gasteiger partial charge in [-0.3, -0.25) is 4.79 Å². The van der Waals surface area contributed by atoms with Crippen molar-refractivity contribution in [3.05, 3.63) is 48.0 Å². The highest BCUT2D eigenvalue weighted by atomic mass is 16.7. The molecule has 0 aliphatic carbocycles. The number of ether oxygens (including phenoxy) is 3. The molecule has 1 amide bonds. The molecule has 2 aromatic carbocycles. The highest BCUT2D eigenvalue weighted by Gasteiger charge is 2.30. The van der Waals surface area contributed by atoms with Crippen LogP contribution in [0.5, 0.6) is 17.2 Å². The van der Waals surface area contributed by atoms with Crippen LogP contribution in [-0.2, 0) is 4.79 Å². The maximum atomic E-state index is 12.3. The maximum absolute atomic E-state index is 12.3. The molecule has 1 fully saturated rings. The zero-order chi connectivity index (χ0) is 21.8. The Balaban J connectivity index is 1.47. The Bertz CT molecular complexity index is 892. The summed E-state index contributed by atoms with van der Waals surface area (Å²) in [6, 6.07) is 14.5. The predicted molar refractivity (Wildman–Crippen MR) is 119 cm³/mol. The molecule has 2 N–H and O–H groups in total. The predicted octanol–water partition coefficient (Wildman–Crippen LogP) is 1.64. The van der Waals surface area contributed by atoms with Crippen LogP contribution in [0.15, 0.2) is 42.5 Å². The summed E-state index contributed by atoms with van der Waals surface area (Å²) in [6.07, 6.45) is 0. The van der Waals surface area contributed by atoms with E-state index in [1.807, 2.05) is 32.0 Å². The van der Waals surface area contributed by atoms with Crippen LogP contribution in [0.25, 0.3) is 0 Å². The van der Waals surface area contributed by atoms with Gasteiger partial charge in [0.05, 0.1) is 39.8 Å². The number of rotatable bonds is 7. The van der Waals surface area contributed by atoms with Crippen molar-refractivity contribution in [3.63, 3.8) is 0 Å². The molecule has 7 nitrogen and oxygen atoms in total. The van der Waals surface area contributed by atoms with Crippen LogP contribution in [0.2, 0.25) is 0 Å². The largest absolute Gasteiger partial charge is 0.497 e. The maximum Gasteiger partial charge on any atom is 0.231 e. The summed E-state index contributed by atoms with van der Waals surface area (Å²) in [4.78, 5) is 16.1. The van der Waals surface area contributed by atoms with E-state index in [4.69, 9.17) is 14.2 Å². The Morgan fingerprint density at radius 1 is 1.10 bits per heavy atom. The monoisotopic (exact) mass is 426 g/mol. The molecular formula is C24H32N3O4+. The first kappa shape index (κ1) is 21.3. The van der Waals surface area contributed by atoms with Crippen LogP contribution in [0.1, 0.15) is 25.5 Å². The number of nitrogens with zero attached hydrogens (tertiary/aromatic N) is 1. The van der Waals surface area contributed by atoms with E-state index in [2.05, 4.69) is 34.5 Å². The average molecular weight is 427 g/mol. The van der Waals surface area contributed by atoms with E-state index in [0.29, 0.717) is 6.54 Å². The number of anilines is 1. The molecule has 166 valence electrons. The van der Waals surface area contributed by atoms with Crippen molar-refractivity contribution in [2.75, 3.05) is 51.5 Å². The number of carbonyl (C=O) groups excluding carboxylic acids is 1. The number of quaternary nitrogens is 1. The van der Waals surface area contributed by atoms with Gasteiger partial charge in [-0.05, 0) is 42.5 Å². The summed E-state index contributed by atoms with van der Waals surface area (Å²) >= 11 is 0.